The maximum Gasteiger partial charge on any atom is 0.417 e. The molecule has 15 heavy (non-hydrogen) atoms. The Balaban J connectivity index is 0.00000196. The van der Waals surface area contributed by atoms with Gasteiger partial charge in [-0.05, 0) is 25.1 Å². The van der Waals surface area contributed by atoms with Gasteiger partial charge in [0.15, 0.2) is 0 Å². The van der Waals surface area contributed by atoms with Crippen LogP contribution in [-0.2, 0) is 6.18 Å². The van der Waals surface area contributed by atoms with E-state index in [9.17, 15) is 13.2 Å². The molecule has 0 aliphatic heterocycles. The zero-order valence-electron chi connectivity index (χ0n) is 7.86. The Hall–Kier alpha value is -0.610. The van der Waals surface area contributed by atoms with Crippen LogP contribution in [0.25, 0.3) is 0 Å². The molecule has 0 amide bonds. The molecule has 86 valence electrons. The van der Waals surface area contributed by atoms with E-state index in [1.165, 1.54) is 12.1 Å². The summed E-state index contributed by atoms with van der Waals surface area (Å²) in [4.78, 5) is 0. The lowest BCUT2D eigenvalue weighted by molar-refractivity contribution is -0.137. The lowest BCUT2D eigenvalue weighted by Crippen LogP contribution is -2.07. The predicted octanol–water partition coefficient (Wildman–Crippen LogP) is 4.21. The molecule has 0 saturated carbocycles. The molecule has 6 heteroatoms. The third-order valence-corrected chi connectivity index (χ3v) is 1.98. The number of nitrogens with one attached hydrogen (secondary N) is 1. The third-order valence-electron chi connectivity index (χ3n) is 1.65. The standard InChI is InChI=1S/C9H9ClF3N.ClH/c1-2-14-6-3-4-8(10)7(5-6)9(11,12)13;/h3-5,14H,2H2,1H3;1H. The van der Waals surface area contributed by atoms with Crippen LogP contribution in [0, 0.1) is 0 Å². The molecule has 1 rings (SSSR count). The Morgan fingerprint density at radius 3 is 2.40 bits per heavy atom. The Morgan fingerprint density at radius 1 is 1.33 bits per heavy atom. The first-order valence-corrected chi connectivity index (χ1v) is 4.43. The normalized spacial score (nSPS) is 10.7. The van der Waals surface area contributed by atoms with E-state index in [1.807, 2.05) is 6.92 Å². The molecule has 0 bridgehead atoms. The lowest BCUT2D eigenvalue weighted by Gasteiger charge is -2.11. The van der Waals surface area contributed by atoms with Gasteiger partial charge in [0, 0.05) is 12.2 Å². The molecule has 1 aromatic carbocycles. The number of alkyl halides is 3. The molecule has 0 saturated heterocycles. The van der Waals surface area contributed by atoms with E-state index in [0.29, 0.717) is 12.2 Å². The van der Waals surface area contributed by atoms with E-state index in [1.54, 1.807) is 0 Å². The Kier molecular flexibility index (Phi) is 5.24. The molecule has 0 heterocycles. The molecular formula is C9H10Cl2F3N. The number of anilines is 1. The summed E-state index contributed by atoms with van der Waals surface area (Å²) in [7, 11) is 0. The molecule has 0 unspecified atom stereocenters. The van der Waals surface area contributed by atoms with Crippen molar-refractivity contribution in [3.05, 3.63) is 28.8 Å². The molecule has 0 aromatic heterocycles. The van der Waals surface area contributed by atoms with E-state index in [4.69, 9.17) is 11.6 Å². The van der Waals surface area contributed by atoms with E-state index >= 15 is 0 Å². The molecule has 0 radical (unpaired) electrons. The maximum absolute atomic E-state index is 12.4. The molecule has 0 atom stereocenters. The fourth-order valence-electron chi connectivity index (χ4n) is 1.06. The van der Waals surface area contributed by atoms with Gasteiger partial charge in [0.2, 0.25) is 0 Å². The second-order valence-corrected chi connectivity index (χ2v) is 3.13. The van der Waals surface area contributed by atoms with Crippen LogP contribution in [0.5, 0.6) is 0 Å². The van der Waals surface area contributed by atoms with Crippen molar-refractivity contribution < 1.29 is 13.2 Å². The van der Waals surface area contributed by atoms with Gasteiger partial charge in [-0.3, -0.25) is 0 Å². The Labute approximate surface area is 97.0 Å². The molecule has 1 nitrogen and oxygen atoms in total. The topological polar surface area (TPSA) is 12.0 Å². The van der Waals surface area contributed by atoms with Gasteiger partial charge in [0.05, 0.1) is 10.6 Å². The van der Waals surface area contributed by atoms with Crippen molar-refractivity contribution >= 4 is 29.7 Å². The van der Waals surface area contributed by atoms with Gasteiger partial charge in [-0.1, -0.05) is 11.6 Å². The average molecular weight is 260 g/mol. The second kappa shape index (κ2) is 5.47. The number of rotatable bonds is 2. The maximum atomic E-state index is 12.4. The minimum absolute atomic E-state index is 0. The van der Waals surface area contributed by atoms with Gasteiger partial charge in [0.25, 0.3) is 0 Å². The minimum atomic E-state index is -4.40. The van der Waals surface area contributed by atoms with Crippen molar-refractivity contribution in [1.82, 2.24) is 0 Å². The highest BCUT2D eigenvalue weighted by molar-refractivity contribution is 6.31. The van der Waals surface area contributed by atoms with Crippen molar-refractivity contribution in [1.29, 1.82) is 0 Å². The van der Waals surface area contributed by atoms with E-state index in [0.717, 1.165) is 6.07 Å². The highest BCUT2D eigenvalue weighted by Gasteiger charge is 2.33. The average Bonchev–Trinajstić information content (AvgIpc) is 2.07. The minimum Gasteiger partial charge on any atom is -0.385 e. The smallest absolute Gasteiger partial charge is 0.385 e. The van der Waals surface area contributed by atoms with Crippen LogP contribution in [0.4, 0.5) is 18.9 Å². The summed E-state index contributed by atoms with van der Waals surface area (Å²) in [6.45, 7) is 2.38. The van der Waals surface area contributed by atoms with Crippen LogP contribution >= 0.6 is 24.0 Å². The van der Waals surface area contributed by atoms with E-state index < -0.39 is 11.7 Å². The number of hydrogen-bond acceptors (Lipinski definition) is 1. The molecule has 0 aliphatic rings. The summed E-state index contributed by atoms with van der Waals surface area (Å²) in [6, 6.07) is 3.76. The van der Waals surface area contributed by atoms with Gasteiger partial charge in [-0.25, -0.2) is 0 Å². The first-order chi connectivity index (χ1) is 6.45. The third kappa shape index (κ3) is 3.80. The van der Waals surface area contributed by atoms with Crippen molar-refractivity contribution in [2.24, 2.45) is 0 Å². The van der Waals surface area contributed by atoms with Gasteiger partial charge in [-0.2, -0.15) is 13.2 Å². The summed E-state index contributed by atoms with van der Waals surface area (Å²) in [5, 5.41) is 2.51. The van der Waals surface area contributed by atoms with Crippen LogP contribution < -0.4 is 5.32 Å². The van der Waals surface area contributed by atoms with Crippen LogP contribution in [0.3, 0.4) is 0 Å². The Morgan fingerprint density at radius 2 is 1.93 bits per heavy atom. The number of benzene rings is 1. The summed E-state index contributed by atoms with van der Waals surface area (Å²) in [5.74, 6) is 0. The van der Waals surface area contributed by atoms with Gasteiger partial charge >= 0.3 is 6.18 Å². The van der Waals surface area contributed by atoms with Crippen molar-refractivity contribution in [3.63, 3.8) is 0 Å². The molecule has 0 fully saturated rings. The summed E-state index contributed by atoms with van der Waals surface area (Å²) in [6.07, 6.45) is -4.40. The van der Waals surface area contributed by atoms with Gasteiger partial charge in [-0.15, -0.1) is 12.4 Å². The lowest BCUT2D eigenvalue weighted by atomic mass is 10.2. The highest BCUT2D eigenvalue weighted by atomic mass is 35.5. The van der Waals surface area contributed by atoms with Crippen molar-refractivity contribution in [2.45, 2.75) is 13.1 Å². The van der Waals surface area contributed by atoms with E-state index in [2.05, 4.69) is 5.32 Å². The largest absolute Gasteiger partial charge is 0.417 e. The van der Waals surface area contributed by atoms with E-state index in [-0.39, 0.29) is 17.4 Å². The highest BCUT2D eigenvalue weighted by Crippen LogP contribution is 2.36. The van der Waals surface area contributed by atoms with Crippen LogP contribution in [-0.4, -0.2) is 6.54 Å². The Bertz CT molecular complexity index is 326. The molecule has 1 aromatic rings. The number of hydrogen-bond donors (Lipinski definition) is 1. The monoisotopic (exact) mass is 259 g/mol. The fraction of sp³-hybridized carbons (Fsp3) is 0.333. The first kappa shape index (κ1) is 14.4. The molecule has 1 N–H and O–H groups in total. The van der Waals surface area contributed by atoms with Crippen molar-refractivity contribution in [3.8, 4) is 0 Å². The molecule has 0 spiro atoms. The summed E-state index contributed by atoms with van der Waals surface area (Å²) < 4.78 is 37.1. The SMILES string of the molecule is CCNc1ccc(Cl)c(C(F)(F)F)c1.Cl. The van der Waals surface area contributed by atoms with Crippen molar-refractivity contribution in [2.75, 3.05) is 11.9 Å². The fourth-order valence-corrected chi connectivity index (χ4v) is 1.28. The predicted molar refractivity (Wildman–Crippen MR) is 57.9 cm³/mol. The van der Waals surface area contributed by atoms with Gasteiger partial charge in [0.1, 0.15) is 0 Å². The zero-order valence-corrected chi connectivity index (χ0v) is 9.43. The van der Waals surface area contributed by atoms with Gasteiger partial charge < -0.3 is 5.32 Å². The van der Waals surface area contributed by atoms with Crippen LogP contribution in [0.15, 0.2) is 18.2 Å². The number of halogens is 5. The zero-order chi connectivity index (χ0) is 10.8. The summed E-state index contributed by atoms with van der Waals surface area (Å²) >= 11 is 5.43. The molecular weight excluding hydrogens is 250 g/mol. The van der Waals surface area contributed by atoms with Crippen LogP contribution in [0.1, 0.15) is 12.5 Å². The quantitative estimate of drug-likeness (QED) is 0.839. The first-order valence-electron chi connectivity index (χ1n) is 4.05. The molecule has 0 aliphatic carbocycles. The second-order valence-electron chi connectivity index (χ2n) is 2.72. The summed E-state index contributed by atoms with van der Waals surface area (Å²) in [5.41, 5.74) is -0.387. The van der Waals surface area contributed by atoms with Crippen LogP contribution in [0.2, 0.25) is 5.02 Å².